The molecule has 5 nitrogen and oxygen atoms in total. The normalized spacial score (nSPS) is 12.0. The van der Waals surface area contributed by atoms with E-state index >= 15 is 0 Å². The Labute approximate surface area is 137 Å². The number of pyridine rings is 1. The molecule has 0 fully saturated rings. The van der Waals surface area contributed by atoms with E-state index in [0.717, 1.165) is 41.3 Å². The summed E-state index contributed by atoms with van der Waals surface area (Å²) in [6, 6.07) is 9.94. The van der Waals surface area contributed by atoms with Crippen molar-refractivity contribution in [3.63, 3.8) is 0 Å². The van der Waals surface area contributed by atoms with Crippen LogP contribution < -0.4 is 20.5 Å². The van der Waals surface area contributed by atoms with E-state index < -0.39 is 0 Å². The van der Waals surface area contributed by atoms with Gasteiger partial charge in [0.2, 0.25) is 0 Å². The van der Waals surface area contributed by atoms with Crippen molar-refractivity contribution in [3.8, 4) is 22.8 Å². The van der Waals surface area contributed by atoms with Gasteiger partial charge >= 0.3 is 0 Å². The summed E-state index contributed by atoms with van der Waals surface area (Å²) in [7, 11) is 3.33. The number of rotatable bonds is 7. The Hall–Kier alpha value is -2.27. The lowest BCUT2D eigenvalue weighted by Gasteiger charge is -2.17. The van der Waals surface area contributed by atoms with Crippen molar-refractivity contribution in [2.45, 2.75) is 32.9 Å². The predicted molar refractivity (Wildman–Crippen MR) is 93.8 cm³/mol. The maximum Gasteiger partial charge on any atom is 0.128 e. The number of nitrogen functional groups attached to an aromatic ring is 1. The van der Waals surface area contributed by atoms with E-state index in [2.05, 4.69) is 24.1 Å². The maximum absolute atomic E-state index is 5.79. The molecule has 0 radical (unpaired) electrons. The molecular formula is C18H25N3O2. The fraction of sp³-hybridized carbons (Fsp3) is 0.389. The minimum absolute atomic E-state index is 0.445. The number of nitrogens with two attached hydrogens (primary N) is 1. The van der Waals surface area contributed by atoms with Crippen molar-refractivity contribution < 1.29 is 9.47 Å². The molecule has 0 spiro atoms. The number of aromatic nitrogens is 1. The van der Waals surface area contributed by atoms with Gasteiger partial charge in [-0.25, -0.2) is 4.98 Å². The lowest BCUT2D eigenvalue weighted by molar-refractivity contribution is 0.396. The molecule has 0 amide bonds. The monoisotopic (exact) mass is 315 g/mol. The molecule has 5 heteroatoms. The summed E-state index contributed by atoms with van der Waals surface area (Å²) in [6.07, 6.45) is 1.07. The van der Waals surface area contributed by atoms with Crippen molar-refractivity contribution in [1.82, 2.24) is 10.3 Å². The van der Waals surface area contributed by atoms with Crippen LogP contribution in [-0.2, 0) is 6.54 Å². The van der Waals surface area contributed by atoms with Crippen molar-refractivity contribution in [2.24, 2.45) is 0 Å². The Morgan fingerprint density at radius 1 is 1.17 bits per heavy atom. The van der Waals surface area contributed by atoms with Crippen LogP contribution in [0.5, 0.6) is 11.5 Å². The molecule has 2 rings (SSSR count). The molecule has 1 heterocycles. The van der Waals surface area contributed by atoms with Crippen LogP contribution in [-0.4, -0.2) is 25.2 Å². The van der Waals surface area contributed by atoms with Crippen LogP contribution in [0.2, 0.25) is 0 Å². The standard InChI is InChI=1S/C18H25N3O2/c1-5-12(2)20-11-13-9-17(23-4)14(10-16(13)22-3)15-7-6-8-18(19)21-15/h6-10,12,20H,5,11H2,1-4H3,(H2,19,21). The summed E-state index contributed by atoms with van der Waals surface area (Å²) in [5, 5.41) is 3.47. The van der Waals surface area contributed by atoms with Crippen LogP contribution in [0.15, 0.2) is 30.3 Å². The third-order valence-corrected chi connectivity index (χ3v) is 3.90. The molecule has 2 aromatic rings. The van der Waals surface area contributed by atoms with Gasteiger partial charge < -0.3 is 20.5 Å². The summed E-state index contributed by atoms with van der Waals surface area (Å²) in [4.78, 5) is 4.37. The van der Waals surface area contributed by atoms with Crippen LogP contribution >= 0.6 is 0 Å². The van der Waals surface area contributed by atoms with Gasteiger partial charge in [0.15, 0.2) is 0 Å². The zero-order valence-electron chi connectivity index (χ0n) is 14.2. The van der Waals surface area contributed by atoms with Gasteiger partial charge in [0.05, 0.1) is 19.9 Å². The van der Waals surface area contributed by atoms with Crippen LogP contribution in [0.25, 0.3) is 11.3 Å². The van der Waals surface area contributed by atoms with Crippen LogP contribution in [0.3, 0.4) is 0 Å². The summed E-state index contributed by atoms with van der Waals surface area (Å²) in [5.74, 6) is 2.04. The zero-order valence-corrected chi connectivity index (χ0v) is 14.2. The predicted octanol–water partition coefficient (Wildman–Crippen LogP) is 3.24. The van der Waals surface area contributed by atoms with Gasteiger partial charge in [-0.1, -0.05) is 13.0 Å². The molecule has 0 saturated carbocycles. The molecule has 23 heavy (non-hydrogen) atoms. The Morgan fingerprint density at radius 3 is 2.52 bits per heavy atom. The second-order valence-corrected chi connectivity index (χ2v) is 5.50. The summed E-state index contributed by atoms with van der Waals surface area (Å²) >= 11 is 0. The molecule has 3 N–H and O–H groups in total. The van der Waals surface area contributed by atoms with Gasteiger partial charge in [0.25, 0.3) is 0 Å². The van der Waals surface area contributed by atoms with Crippen LogP contribution in [0.4, 0.5) is 5.82 Å². The van der Waals surface area contributed by atoms with E-state index in [1.165, 1.54) is 0 Å². The number of benzene rings is 1. The molecule has 124 valence electrons. The molecule has 1 aromatic carbocycles. The molecule has 0 aliphatic heterocycles. The van der Waals surface area contributed by atoms with Gasteiger partial charge in [0, 0.05) is 23.7 Å². The highest BCUT2D eigenvalue weighted by atomic mass is 16.5. The Balaban J connectivity index is 2.41. The number of nitrogens with one attached hydrogen (secondary N) is 1. The van der Waals surface area contributed by atoms with E-state index in [4.69, 9.17) is 15.2 Å². The summed E-state index contributed by atoms with van der Waals surface area (Å²) in [6.45, 7) is 5.04. The fourth-order valence-electron chi connectivity index (χ4n) is 2.33. The van der Waals surface area contributed by atoms with Gasteiger partial charge in [-0.3, -0.25) is 0 Å². The molecule has 0 aliphatic carbocycles. The topological polar surface area (TPSA) is 69.4 Å². The Kier molecular flexibility index (Phi) is 5.82. The highest BCUT2D eigenvalue weighted by molar-refractivity contribution is 5.71. The van der Waals surface area contributed by atoms with Gasteiger partial charge in [0.1, 0.15) is 17.3 Å². The first-order chi connectivity index (χ1) is 11.1. The third-order valence-electron chi connectivity index (χ3n) is 3.90. The first-order valence-corrected chi connectivity index (χ1v) is 7.80. The fourth-order valence-corrected chi connectivity index (χ4v) is 2.33. The summed E-state index contributed by atoms with van der Waals surface area (Å²) in [5.41, 5.74) is 8.47. The number of ether oxygens (including phenoxy) is 2. The third kappa shape index (κ3) is 4.13. The second kappa shape index (κ2) is 7.83. The average Bonchev–Trinajstić information content (AvgIpc) is 2.58. The molecule has 0 saturated heterocycles. The smallest absolute Gasteiger partial charge is 0.128 e. The van der Waals surface area contributed by atoms with E-state index in [1.54, 1.807) is 20.3 Å². The quantitative estimate of drug-likeness (QED) is 0.821. The Bertz CT molecular complexity index is 659. The van der Waals surface area contributed by atoms with E-state index in [0.29, 0.717) is 11.9 Å². The zero-order chi connectivity index (χ0) is 16.8. The number of nitrogens with zero attached hydrogens (tertiary/aromatic N) is 1. The SMILES string of the molecule is CCC(C)NCc1cc(OC)c(-c2cccc(N)n2)cc1OC. The van der Waals surface area contributed by atoms with Crippen LogP contribution in [0.1, 0.15) is 25.8 Å². The van der Waals surface area contributed by atoms with E-state index in [1.807, 2.05) is 24.3 Å². The average molecular weight is 315 g/mol. The number of hydrogen-bond acceptors (Lipinski definition) is 5. The molecule has 0 bridgehead atoms. The highest BCUT2D eigenvalue weighted by Gasteiger charge is 2.14. The minimum Gasteiger partial charge on any atom is -0.496 e. The van der Waals surface area contributed by atoms with Crippen molar-refractivity contribution >= 4 is 5.82 Å². The van der Waals surface area contributed by atoms with E-state index in [9.17, 15) is 0 Å². The van der Waals surface area contributed by atoms with Crippen molar-refractivity contribution in [1.29, 1.82) is 0 Å². The number of hydrogen-bond donors (Lipinski definition) is 2. The maximum atomic E-state index is 5.79. The lowest BCUT2D eigenvalue weighted by Crippen LogP contribution is -2.24. The lowest BCUT2D eigenvalue weighted by atomic mass is 10.0. The van der Waals surface area contributed by atoms with Gasteiger partial charge in [-0.05, 0) is 37.6 Å². The first kappa shape index (κ1) is 17.1. The number of methoxy groups -OCH3 is 2. The highest BCUT2D eigenvalue weighted by Crippen LogP contribution is 2.35. The molecule has 1 unspecified atom stereocenters. The largest absolute Gasteiger partial charge is 0.496 e. The first-order valence-electron chi connectivity index (χ1n) is 7.80. The molecular weight excluding hydrogens is 290 g/mol. The van der Waals surface area contributed by atoms with Crippen molar-refractivity contribution in [2.75, 3.05) is 20.0 Å². The van der Waals surface area contributed by atoms with Gasteiger partial charge in [-0.2, -0.15) is 0 Å². The second-order valence-electron chi connectivity index (χ2n) is 5.50. The van der Waals surface area contributed by atoms with E-state index in [-0.39, 0.29) is 0 Å². The summed E-state index contributed by atoms with van der Waals surface area (Å²) < 4.78 is 11.1. The van der Waals surface area contributed by atoms with Crippen LogP contribution in [0, 0.1) is 0 Å². The number of anilines is 1. The minimum atomic E-state index is 0.445. The molecule has 1 atom stereocenters. The molecule has 1 aromatic heterocycles. The Morgan fingerprint density at radius 2 is 1.91 bits per heavy atom. The van der Waals surface area contributed by atoms with Gasteiger partial charge in [-0.15, -0.1) is 0 Å². The van der Waals surface area contributed by atoms with Crippen molar-refractivity contribution in [3.05, 3.63) is 35.9 Å². The molecule has 0 aliphatic rings.